The van der Waals surface area contributed by atoms with Gasteiger partial charge >= 0.3 is 6.09 Å². The van der Waals surface area contributed by atoms with Crippen LogP contribution in [0.5, 0.6) is 5.75 Å². The Hall–Kier alpha value is -4.88. The van der Waals surface area contributed by atoms with E-state index >= 15 is 0 Å². The lowest BCUT2D eigenvalue weighted by molar-refractivity contribution is 0.0236. The molecule has 0 unspecified atom stereocenters. The van der Waals surface area contributed by atoms with Crippen LogP contribution in [0.3, 0.4) is 0 Å². The molecule has 4 aromatic rings. The van der Waals surface area contributed by atoms with Gasteiger partial charge in [0.1, 0.15) is 36.7 Å². The topological polar surface area (TPSA) is 111 Å². The number of benzene rings is 2. The number of aromatic nitrogens is 3. The molecular weight excluding hydrogens is 568 g/mol. The number of anilines is 2. The molecule has 11 heteroatoms. The molecular formula is C32H33ClN6O4. The van der Waals surface area contributed by atoms with Crippen molar-refractivity contribution < 1.29 is 19.1 Å². The summed E-state index contributed by atoms with van der Waals surface area (Å²) in [5.74, 6) is 6.99. The number of nitrogens with zero attached hydrogens (tertiary/aromatic N) is 5. The number of likely N-dealkylation sites (N-methyl/N-ethyl adjacent to an activating group) is 1. The molecule has 2 aromatic heterocycles. The molecule has 0 spiro atoms. The third-order valence-electron chi connectivity index (χ3n) is 5.84. The van der Waals surface area contributed by atoms with Crippen molar-refractivity contribution >= 4 is 45.8 Å². The van der Waals surface area contributed by atoms with E-state index in [4.69, 9.17) is 25.9 Å². The van der Waals surface area contributed by atoms with Gasteiger partial charge in [0.2, 0.25) is 0 Å². The summed E-state index contributed by atoms with van der Waals surface area (Å²) in [4.78, 5) is 32.1. The highest BCUT2D eigenvalue weighted by Gasteiger charge is 2.19. The summed E-state index contributed by atoms with van der Waals surface area (Å²) in [5.41, 5.74) is 2.97. The minimum atomic E-state index is -0.577. The number of nitrogens with one attached hydrogen (secondary N) is 1. The van der Waals surface area contributed by atoms with Gasteiger partial charge in [-0.05, 0) is 76.1 Å². The molecule has 10 nitrogen and oxygen atoms in total. The summed E-state index contributed by atoms with van der Waals surface area (Å²) >= 11 is 6.52. The van der Waals surface area contributed by atoms with Crippen molar-refractivity contribution in [2.24, 2.45) is 5.16 Å². The predicted octanol–water partition coefficient (Wildman–Crippen LogP) is 6.61. The number of ether oxygens (including phenoxy) is 2. The van der Waals surface area contributed by atoms with Gasteiger partial charge in [0, 0.05) is 41.6 Å². The van der Waals surface area contributed by atoms with Crippen LogP contribution < -0.4 is 10.1 Å². The summed E-state index contributed by atoms with van der Waals surface area (Å²) in [7, 11) is 1.64. The molecule has 2 heterocycles. The maximum atomic E-state index is 12.2. The van der Waals surface area contributed by atoms with Crippen molar-refractivity contribution in [2.75, 3.05) is 25.5 Å². The van der Waals surface area contributed by atoms with Crippen LogP contribution in [0.1, 0.15) is 38.8 Å². The van der Waals surface area contributed by atoms with Crippen LogP contribution in [0.25, 0.3) is 10.9 Å². The van der Waals surface area contributed by atoms with Crippen molar-refractivity contribution in [3.8, 4) is 17.6 Å². The first-order valence-corrected chi connectivity index (χ1v) is 13.9. The minimum Gasteiger partial charge on any atom is -0.487 e. The first-order chi connectivity index (χ1) is 20.6. The second kappa shape index (κ2) is 14.3. The number of fused-ring (bicyclic) bond motifs is 1. The number of hydrogen-bond donors (Lipinski definition) is 1. The molecule has 0 aliphatic carbocycles. The lowest BCUT2D eigenvalue weighted by Gasteiger charge is -2.24. The smallest absolute Gasteiger partial charge is 0.410 e. The summed E-state index contributed by atoms with van der Waals surface area (Å²) in [6.07, 6.45) is 4.52. The van der Waals surface area contributed by atoms with Crippen molar-refractivity contribution in [3.05, 3.63) is 83.4 Å². The number of carbonyl (C=O) groups excluding carboxylic acids is 1. The Morgan fingerprint density at radius 3 is 2.70 bits per heavy atom. The number of oxime groups is 1. The lowest BCUT2D eigenvalue weighted by Crippen LogP contribution is -2.35. The second-order valence-electron chi connectivity index (χ2n) is 10.4. The van der Waals surface area contributed by atoms with E-state index in [2.05, 4.69) is 37.3 Å². The fourth-order valence-electron chi connectivity index (χ4n) is 3.77. The molecule has 1 N–H and O–H groups in total. The van der Waals surface area contributed by atoms with Gasteiger partial charge in [0.25, 0.3) is 0 Å². The fraction of sp³-hybridized carbons (Fsp3) is 0.281. The molecule has 2 aromatic carbocycles. The molecule has 43 heavy (non-hydrogen) atoms. The van der Waals surface area contributed by atoms with Crippen LogP contribution in [0, 0.1) is 11.8 Å². The fourth-order valence-corrected chi connectivity index (χ4v) is 4.00. The molecule has 0 fully saturated rings. The third-order valence-corrected chi connectivity index (χ3v) is 6.14. The van der Waals surface area contributed by atoms with E-state index in [9.17, 15) is 4.79 Å². The van der Waals surface area contributed by atoms with Gasteiger partial charge in [-0.1, -0.05) is 28.7 Å². The molecule has 0 saturated carbocycles. The summed E-state index contributed by atoms with van der Waals surface area (Å²) in [6.45, 7) is 7.98. The zero-order chi connectivity index (χ0) is 30.8. The van der Waals surface area contributed by atoms with Crippen molar-refractivity contribution in [1.29, 1.82) is 0 Å². The summed E-state index contributed by atoms with van der Waals surface area (Å²) < 4.78 is 11.2. The van der Waals surface area contributed by atoms with Crippen LogP contribution in [-0.4, -0.2) is 57.5 Å². The quantitative estimate of drug-likeness (QED) is 0.0936. The van der Waals surface area contributed by atoms with E-state index in [0.717, 1.165) is 27.7 Å². The number of rotatable bonds is 10. The Morgan fingerprint density at radius 2 is 1.98 bits per heavy atom. The Kier molecular flexibility index (Phi) is 10.4. The van der Waals surface area contributed by atoms with Crippen molar-refractivity contribution in [1.82, 2.24) is 19.9 Å². The number of halogens is 1. The molecule has 0 aliphatic rings. The van der Waals surface area contributed by atoms with E-state index < -0.39 is 11.7 Å². The van der Waals surface area contributed by atoms with E-state index in [0.29, 0.717) is 35.5 Å². The molecule has 0 aliphatic heterocycles. The largest absolute Gasteiger partial charge is 0.487 e. The van der Waals surface area contributed by atoms with Crippen LogP contribution >= 0.6 is 11.6 Å². The van der Waals surface area contributed by atoms with Crippen LogP contribution in [-0.2, 0) is 16.2 Å². The summed E-state index contributed by atoms with van der Waals surface area (Å²) in [5, 5.41) is 8.77. The molecule has 0 radical (unpaired) electrons. The van der Waals surface area contributed by atoms with Crippen LogP contribution in [0.4, 0.5) is 16.3 Å². The first-order valence-electron chi connectivity index (χ1n) is 13.5. The highest BCUT2D eigenvalue weighted by Crippen LogP contribution is 2.31. The lowest BCUT2D eigenvalue weighted by atomic mass is 10.1. The standard InChI is InChI=1S/C32H33ClN6O4/c1-6-8-27(38-42-16-15-39(5)31(40)43-32(2,3)4)23-10-12-28-25(17-23)30(36-21-35-28)37-24-11-13-29(26(33)18-24)41-20-22-9-7-14-34-19-22/h7,9-14,17-19,21H,15-16,20H2,1-5H3,(H,35,36,37)/b38-27+. The Labute approximate surface area is 256 Å². The Bertz CT molecular complexity index is 1660. The average molecular weight is 601 g/mol. The van der Waals surface area contributed by atoms with Gasteiger partial charge < -0.3 is 24.5 Å². The highest BCUT2D eigenvalue weighted by molar-refractivity contribution is 6.32. The van der Waals surface area contributed by atoms with Gasteiger partial charge in [-0.15, -0.1) is 0 Å². The van der Waals surface area contributed by atoms with Crippen LogP contribution in [0.15, 0.2) is 72.4 Å². The second-order valence-corrected chi connectivity index (χ2v) is 10.8. The number of amides is 1. The van der Waals surface area contributed by atoms with Gasteiger partial charge in [-0.3, -0.25) is 4.98 Å². The maximum Gasteiger partial charge on any atom is 0.410 e. The van der Waals surface area contributed by atoms with Crippen molar-refractivity contribution in [3.63, 3.8) is 0 Å². The monoisotopic (exact) mass is 600 g/mol. The van der Waals surface area contributed by atoms with Gasteiger partial charge in [0.05, 0.1) is 17.1 Å². The minimum absolute atomic E-state index is 0.164. The summed E-state index contributed by atoms with van der Waals surface area (Å²) in [6, 6.07) is 14.8. The number of carbonyl (C=O) groups is 1. The number of hydrogen-bond acceptors (Lipinski definition) is 9. The molecule has 0 atom stereocenters. The van der Waals surface area contributed by atoms with E-state index in [1.165, 1.54) is 11.2 Å². The van der Waals surface area contributed by atoms with Crippen molar-refractivity contribution in [2.45, 2.75) is 39.9 Å². The average Bonchev–Trinajstić information content (AvgIpc) is 2.98. The maximum absolute atomic E-state index is 12.2. The highest BCUT2D eigenvalue weighted by atomic mass is 35.5. The molecule has 1 amide bonds. The zero-order valence-electron chi connectivity index (χ0n) is 24.7. The van der Waals surface area contributed by atoms with E-state index in [-0.39, 0.29) is 6.61 Å². The van der Waals surface area contributed by atoms with Gasteiger partial charge in [0.15, 0.2) is 5.71 Å². The SMILES string of the molecule is CC#C/C(=N\OCCN(C)C(=O)OC(C)(C)C)c1ccc2ncnc(Nc3ccc(OCc4cccnc4)c(Cl)c3)c2c1. The van der Waals surface area contributed by atoms with Gasteiger partial charge in [-0.2, -0.15) is 0 Å². The molecule has 0 bridgehead atoms. The molecule has 222 valence electrons. The normalized spacial score (nSPS) is 11.3. The Balaban J connectivity index is 1.47. The molecule has 4 rings (SSSR count). The van der Waals surface area contributed by atoms with E-state index in [1.807, 2.05) is 57.2 Å². The van der Waals surface area contributed by atoms with Crippen LogP contribution in [0.2, 0.25) is 5.02 Å². The third kappa shape index (κ3) is 9.05. The first kappa shape index (κ1) is 31.1. The Morgan fingerprint density at radius 1 is 1.14 bits per heavy atom. The number of pyridine rings is 1. The predicted molar refractivity (Wildman–Crippen MR) is 168 cm³/mol. The van der Waals surface area contributed by atoms with E-state index in [1.54, 1.807) is 38.5 Å². The molecule has 0 saturated heterocycles. The zero-order valence-corrected chi connectivity index (χ0v) is 25.5. The van der Waals surface area contributed by atoms with Gasteiger partial charge in [-0.25, -0.2) is 14.8 Å².